The zero-order chi connectivity index (χ0) is 12.0. The number of hydrogen-bond donors (Lipinski definition) is 1. The topological polar surface area (TPSA) is 33.1 Å². The fraction of sp³-hybridized carbons (Fsp3) is 0.636. The number of thiocarbonyl (C=S) groups is 1. The Morgan fingerprint density at radius 1 is 1.56 bits per heavy atom. The fourth-order valence-corrected chi connectivity index (χ4v) is 1.51. The first-order valence-corrected chi connectivity index (χ1v) is 6.09. The minimum Gasteiger partial charge on any atom is -0.363 e. The Morgan fingerprint density at radius 2 is 2.31 bits per heavy atom. The highest BCUT2D eigenvalue weighted by atomic mass is 32.1. The summed E-state index contributed by atoms with van der Waals surface area (Å²) < 4.78 is 1.92. The molecule has 0 unspecified atom stereocenters. The summed E-state index contributed by atoms with van der Waals surface area (Å²) in [5.74, 6) is 0. The van der Waals surface area contributed by atoms with Crippen molar-refractivity contribution >= 4 is 17.3 Å². The summed E-state index contributed by atoms with van der Waals surface area (Å²) in [4.78, 5) is 2.01. The van der Waals surface area contributed by atoms with Crippen LogP contribution in [0.3, 0.4) is 0 Å². The molecule has 1 rings (SSSR count). The number of nitrogens with one attached hydrogen (secondary N) is 1. The molecule has 0 aliphatic carbocycles. The third-order valence-corrected chi connectivity index (χ3v) is 2.75. The molecule has 0 aliphatic heterocycles. The summed E-state index contributed by atoms with van der Waals surface area (Å²) in [7, 11) is 1.98. The van der Waals surface area contributed by atoms with Crippen molar-refractivity contribution in [2.75, 3.05) is 13.6 Å². The molecular weight excluding hydrogens is 220 g/mol. The average Bonchev–Trinajstić information content (AvgIpc) is 2.73. The maximum absolute atomic E-state index is 5.26. The van der Waals surface area contributed by atoms with Crippen molar-refractivity contribution in [3.05, 3.63) is 18.0 Å². The van der Waals surface area contributed by atoms with Gasteiger partial charge in [-0.1, -0.05) is 6.92 Å². The van der Waals surface area contributed by atoms with Gasteiger partial charge in [0.25, 0.3) is 0 Å². The molecule has 4 nitrogen and oxygen atoms in total. The Kier molecular flexibility index (Phi) is 5.25. The third kappa shape index (κ3) is 3.81. The molecule has 0 amide bonds. The van der Waals surface area contributed by atoms with Gasteiger partial charge in [-0.3, -0.25) is 4.68 Å². The maximum atomic E-state index is 5.26. The monoisotopic (exact) mass is 240 g/mol. The molecule has 0 atom stereocenters. The van der Waals surface area contributed by atoms with Gasteiger partial charge in [-0.25, -0.2) is 0 Å². The van der Waals surface area contributed by atoms with Crippen molar-refractivity contribution in [1.29, 1.82) is 0 Å². The lowest BCUT2D eigenvalue weighted by molar-refractivity contribution is 0.475. The molecule has 0 aromatic carbocycles. The molecule has 1 aromatic rings. The Labute approximate surface area is 103 Å². The van der Waals surface area contributed by atoms with Crippen LogP contribution in [0.25, 0.3) is 0 Å². The fourth-order valence-electron chi connectivity index (χ4n) is 1.35. The molecule has 1 heterocycles. The molecule has 0 fully saturated rings. The van der Waals surface area contributed by atoms with Crippen LogP contribution >= 0.6 is 12.2 Å². The zero-order valence-electron chi connectivity index (χ0n) is 10.2. The molecule has 16 heavy (non-hydrogen) atoms. The second-order valence-electron chi connectivity index (χ2n) is 3.75. The minimum absolute atomic E-state index is 0.753. The van der Waals surface area contributed by atoms with Gasteiger partial charge in [0.05, 0.1) is 12.2 Å². The van der Waals surface area contributed by atoms with E-state index in [0.717, 1.165) is 36.9 Å². The van der Waals surface area contributed by atoms with Crippen molar-refractivity contribution in [3.63, 3.8) is 0 Å². The van der Waals surface area contributed by atoms with Gasteiger partial charge >= 0.3 is 0 Å². The van der Waals surface area contributed by atoms with Crippen molar-refractivity contribution < 1.29 is 0 Å². The minimum atomic E-state index is 0.753. The van der Waals surface area contributed by atoms with E-state index in [9.17, 15) is 0 Å². The normalized spacial score (nSPS) is 10.2. The number of nitrogens with zero attached hydrogens (tertiary/aromatic N) is 3. The molecular formula is C11H20N4S. The highest BCUT2D eigenvalue weighted by Gasteiger charge is 2.06. The second kappa shape index (κ2) is 6.48. The van der Waals surface area contributed by atoms with Crippen LogP contribution in [0.2, 0.25) is 0 Å². The van der Waals surface area contributed by atoms with E-state index in [-0.39, 0.29) is 0 Å². The molecule has 0 spiro atoms. The van der Waals surface area contributed by atoms with E-state index in [4.69, 9.17) is 12.2 Å². The molecule has 0 radical (unpaired) electrons. The quantitative estimate of drug-likeness (QED) is 0.793. The Hall–Kier alpha value is -1.10. The summed E-state index contributed by atoms with van der Waals surface area (Å²) in [6.45, 7) is 6.78. The molecule has 1 N–H and O–H groups in total. The molecule has 1 aromatic heterocycles. The second-order valence-corrected chi connectivity index (χ2v) is 4.14. The van der Waals surface area contributed by atoms with E-state index in [1.54, 1.807) is 0 Å². The summed E-state index contributed by atoms with van der Waals surface area (Å²) in [5, 5.41) is 8.40. The first-order chi connectivity index (χ1) is 7.67. The van der Waals surface area contributed by atoms with Crippen molar-refractivity contribution in [1.82, 2.24) is 20.0 Å². The van der Waals surface area contributed by atoms with Crippen LogP contribution < -0.4 is 5.32 Å². The molecule has 0 bridgehead atoms. The lowest BCUT2D eigenvalue weighted by Gasteiger charge is -2.19. The van der Waals surface area contributed by atoms with E-state index in [1.807, 2.05) is 28.9 Å². The highest BCUT2D eigenvalue weighted by molar-refractivity contribution is 7.80. The highest BCUT2D eigenvalue weighted by Crippen LogP contribution is 2.00. The van der Waals surface area contributed by atoms with Gasteiger partial charge in [0.2, 0.25) is 0 Å². The van der Waals surface area contributed by atoms with Crippen LogP contribution in [0.5, 0.6) is 0 Å². The van der Waals surface area contributed by atoms with Gasteiger partial charge < -0.3 is 10.2 Å². The van der Waals surface area contributed by atoms with Gasteiger partial charge in [0.1, 0.15) is 0 Å². The van der Waals surface area contributed by atoms with E-state index in [1.165, 1.54) is 0 Å². The van der Waals surface area contributed by atoms with Gasteiger partial charge in [0.15, 0.2) is 5.11 Å². The van der Waals surface area contributed by atoms with Crippen LogP contribution in [0.15, 0.2) is 12.3 Å². The molecule has 0 saturated carbocycles. The predicted octanol–water partition coefficient (Wildman–Crippen LogP) is 1.62. The summed E-state index contributed by atoms with van der Waals surface area (Å²) in [6.07, 6.45) is 3.07. The lowest BCUT2D eigenvalue weighted by atomic mass is 10.4. The lowest BCUT2D eigenvalue weighted by Crippen LogP contribution is -2.36. The molecule has 0 saturated heterocycles. The first kappa shape index (κ1) is 13.0. The van der Waals surface area contributed by atoms with Crippen molar-refractivity contribution in [3.8, 4) is 0 Å². The Morgan fingerprint density at radius 3 is 2.88 bits per heavy atom. The van der Waals surface area contributed by atoms with E-state index in [2.05, 4.69) is 24.3 Å². The summed E-state index contributed by atoms with van der Waals surface area (Å²) >= 11 is 5.26. The van der Waals surface area contributed by atoms with Gasteiger partial charge in [-0.2, -0.15) is 5.10 Å². The van der Waals surface area contributed by atoms with Crippen LogP contribution in [0, 0.1) is 0 Å². The predicted molar refractivity (Wildman–Crippen MR) is 70.3 cm³/mol. The van der Waals surface area contributed by atoms with Crippen molar-refractivity contribution in [2.24, 2.45) is 0 Å². The van der Waals surface area contributed by atoms with Crippen LogP contribution in [-0.2, 0) is 13.1 Å². The summed E-state index contributed by atoms with van der Waals surface area (Å²) in [6, 6.07) is 2.03. The number of hydrogen-bond acceptors (Lipinski definition) is 2. The number of rotatable bonds is 5. The number of aryl methyl sites for hydroxylation is 1. The Bertz CT molecular complexity index is 334. The first-order valence-electron chi connectivity index (χ1n) is 5.68. The molecule has 90 valence electrons. The Balaban J connectivity index is 2.43. The molecule has 5 heteroatoms. The van der Waals surface area contributed by atoms with E-state index in [0.29, 0.717) is 0 Å². The smallest absolute Gasteiger partial charge is 0.169 e. The standard InChI is InChI=1S/C11H20N4S/c1-4-7-12-11(16)14(3)9-10-6-8-15(5-2)13-10/h6,8H,4-5,7,9H2,1-3H3,(H,12,16). The van der Waals surface area contributed by atoms with E-state index >= 15 is 0 Å². The average molecular weight is 240 g/mol. The van der Waals surface area contributed by atoms with E-state index < -0.39 is 0 Å². The largest absolute Gasteiger partial charge is 0.363 e. The van der Waals surface area contributed by atoms with Gasteiger partial charge in [-0.15, -0.1) is 0 Å². The van der Waals surface area contributed by atoms with Gasteiger partial charge in [0, 0.05) is 26.3 Å². The zero-order valence-corrected chi connectivity index (χ0v) is 11.0. The van der Waals surface area contributed by atoms with Crippen LogP contribution in [-0.4, -0.2) is 33.4 Å². The SMILES string of the molecule is CCCNC(=S)N(C)Cc1ccn(CC)n1. The summed E-state index contributed by atoms with van der Waals surface area (Å²) in [5.41, 5.74) is 1.05. The van der Waals surface area contributed by atoms with Crippen molar-refractivity contribution in [2.45, 2.75) is 33.4 Å². The number of aromatic nitrogens is 2. The maximum Gasteiger partial charge on any atom is 0.169 e. The molecule has 0 aliphatic rings. The third-order valence-electron chi connectivity index (χ3n) is 2.29. The van der Waals surface area contributed by atoms with Crippen LogP contribution in [0.1, 0.15) is 26.0 Å². The van der Waals surface area contributed by atoms with Crippen LogP contribution in [0.4, 0.5) is 0 Å². The van der Waals surface area contributed by atoms with Gasteiger partial charge in [-0.05, 0) is 31.6 Å².